The fraction of sp³-hybridized carbons (Fsp3) is 0.250. The molecular weight excluding hydrogens is 384 g/mol. The van der Waals surface area contributed by atoms with Crippen molar-refractivity contribution in [1.29, 1.82) is 0 Å². The fourth-order valence-corrected chi connectivity index (χ4v) is 1.86. The normalized spacial score (nSPS) is 9.32. The first-order valence-corrected chi connectivity index (χ1v) is 6.17. The second-order valence-corrected chi connectivity index (χ2v) is 4.35. The Hall–Kier alpha value is 0.448. The summed E-state index contributed by atoms with van der Waals surface area (Å²) >= 11 is 0. The third kappa shape index (κ3) is 6.62. The molecule has 0 aliphatic rings. The summed E-state index contributed by atoms with van der Waals surface area (Å²) in [4.78, 5) is 0. The maximum atomic E-state index is 3.90. The van der Waals surface area contributed by atoms with E-state index in [0.717, 1.165) is 24.9 Å². The molecule has 0 aliphatic carbocycles. The third-order valence-electron chi connectivity index (χ3n) is 3.05. The van der Waals surface area contributed by atoms with Gasteiger partial charge in [-0.3, -0.25) is 0 Å². The second-order valence-electron chi connectivity index (χ2n) is 4.35. The number of hydrogen-bond acceptors (Lipinski definition) is 0. The minimum atomic E-state index is 0. The van der Waals surface area contributed by atoms with Crippen LogP contribution in [0.5, 0.6) is 0 Å². The van der Waals surface area contributed by atoms with Crippen molar-refractivity contribution in [3.8, 4) is 0 Å². The fourth-order valence-electron chi connectivity index (χ4n) is 1.86. The van der Waals surface area contributed by atoms with Gasteiger partial charge in [0.25, 0.3) is 0 Å². The molecule has 2 rings (SSSR count). The molecule has 19 heavy (non-hydrogen) atoms. The Balaban J connectivity index is 0.00000162. The minimum Gasteiger partial charge on any atom is -0.205 e. The molecule has 0 aliphatic heterocycles. The SMILES string of the molecule is [CH2-]c1ccc(CCc2cc[n+](CC)cc2)cc1.[Y].[Y]. The summed E-state index contributed by atoms with van der Waals surface area (Å²) in [6.07, 6.45) is 6.49. The van der Waals surface area contributed by atoms with Crippen LogP contribution in [-0.4, -0.2) is 0 Å². The largest absolute Gasteiger partial charge is 0.205 e. The monoisotopic (exact) mass is 403 g/mol. The molecule has 1 aromatic heterocycles. The van der Waals surface area contributed by atoms with E-state index in [1.807, 2.05) is 0 Å². The molecule has 0 amide bonds. The molecule has 3 heteroatoms. The van der Waals surface area contributed by atoms with Crippen LogP contribution >= 0.6 is 0 Å². The van der Waals surface area contributed by atoms with Gasteiger partial charge in [-0.2, -0.15) is 24.6 Å². The Morgan fingerprint density at radius 2 is 1.32 bits per heavy atom. The van der Waals surface area contributed by atoms with E-state index in [0.29, 0.717) is 0 Å². The molecule has 1 aromatic carbocycles. The predicted molar refractivity (Wildman–Crippen MR) is 70.6 cm³/mol. The molecule has 1 nitrogen and oxygen atoms in total. The van der Waals surface area contributed by atoms with Gasteiger partial charge < -0.3 is 0 Å². The van der Waals surface area contributed by atoms with Gasteiger partial charge in [-0.1, -0.05) is 5.56 Å². The quantitative estimate of drug-likeness (QED) is 0.546. The molecule has 0 unspecified atom stereocenters. The van der Waals surface area contributed by atoms with Crippen LogP contribution in [0.15, 0.2) is 48.8 Å². The summed E-state index contributed by atoms with van der Waals surface area (Å²) < 4.78 is 2.18. The molecule has 2 radical (unpaired) electrons. The maximum absolute atomic E-state index is 3.90. The zero-order valence-corrected chi connectivity index (χ0v) is 17.2. The van der Waals surface area contributed by atoms with E-state index in [4.69, 9.17) is 0 Å². The average molecular weight is 403 g/mol. The molecule has 0 bridgehead atoms. The number of nitrogens with zero attached hydrogens (tertiary/aromatic N) is 1. The molecule has 0 atom stereocenters. The van der Waals surface area contributed by atoms with Gasteiger partial charge in [-0.15, -0.1) is 12.1 Å². The van der Waals surface area contributed by atoms with Crippen LogP contribution in [0.4, 0.5) is 0 Å². The first-order valence-electron chi connectivity index (χ1n) is 6.17. The van der Waals surface area contributed by atoms with E-state index in [1.165, 1.54) is 11.1 Å². The molecular formula is C16H19NY2. The van der Waals surface area contributed by atoms with Gasteiger partial charge in [0, 0.05) is 77.6 Å². The molecule has 0 fully saturated rings. The van der Waals surface area contributed by atoms with Crippen molar-refractivity contribution in [3.63, 3.8) is 0 Å². The van der Waals surface area contributed by atoms with Crippen molar-refractivity contribution in [2.75, 3.05) is 0 Å². The zero-order valence-electron chi connectivity index (χ0n) is 11.5. The van der Waals surface area contributed by atoms with Crippen molar-refractivity contribution in [2.24, 2.45) is 0 Å². The molecule has 2 aromatic rings. The van der Waals surface area contributed by atoms with Crippen molar-refractivity contribution in [2.45, 2.75) is 26.3 Å². The standard InChI is InChI=1S/C16H19N.2Y/c1-3-17-12-10-16(11-13-17)9-8-15-6-4-14(2)5-7-15;;/h4-7,10-13H,2-3,8-9H2,1H3;;. The molecule has 0 saturated carbocycles. The van der Waals surface area contributed by atoms with Gasteiger partial charge in [-0.25, -0.2) is 4.57 Å². The number of benzene rings is 1. The summed E-state index contributed by atoms with van der Waals surface area (Å²) in [6, 6.07) is 12.9. The van der Waals surface area contributed by atoms with Crippen molar-refractivity contribution >= 4 is 0 Å². The van der Waals surface area contributed by atoms with Crippen molar-refractivity contribution < 1.29 is 70.0 Å². The van der Waals surface area contributed by atoms with E-state index in [2.05, 4.69) is 67.2 Å². The Kier molecular flexibility index (Phi) is 10.5. The van der Waals surface area contributed by atoms with Gasteiger partial charge in [-0.05, 0) is 25.3 Å². The zero-order chi connectivity index (χ0) is 12.1. The topological polar surface area (TPSA) is 3.88 Å². The summed E-state index contributed by atoms with van der Waals surface area (Å²) in [5.74, 6) is 0. The average Bonchev–Trinajstić information content (AvgIpc) is 2.39. The van der Waals surface area contributed by atoms with Crippen LogP contribution in [0.25, 0.3) is 0 Å². The molecule has 1 heterocycles. The number of aryl methyl sites for hydroxylation is 3. The van der Waals surface area contributed by atoms with Crippen LogP contribution < -0.4 is 4.57 Å². The van der Waals surface area contributed by atoms with Crippen LogP contribution in [0.2, 0.25) is 0 Å². The first-order chi connectivity index (χ1) is 8.28. The van der Waals surface area contributed by atoms with E-state index in [-0.39, 0.29) is 65.4 Å². The van der Waals surface area contributed by atoms with Crippen molar-refractivity contribution in [1.82, 2.24) is 0 Å². The second kappa shape index (κ2) is 10.2. The number of hydrogen-bond donors (Lipinski definition) is 0. The van der Waals surface area contributed by atoms with E-state index < -0.39 is 0 Å². The van der Waals surface area contributed by atoms with Crippen LogP contribution in [0.1, 0.15) is 23.6 Å². The smallest absolute Gasteiger partial charge is 0.169 e. The molecule has 0 saturated heterocycles. The molecule has 94 valence electrons. The minimum absolute atomic E-state index is 0. The molecule has 0 spiro atoms. The van der Waals surface area contributed by atoms with Gasteiger partial charge in [0.2, 0.25) is 0 Å². The van der Waals surface area contributed by atoms with Gasteiger partial charge in [0.05, 0.1) is 0 Å². The molecule has 0 N–H and O–H groups in total. The Morgan fingerprint density at radius 1 is 0.842 bits per heavy atom. The van der Waals surface area contributed by atoms with E-state index in [9.17, 15) is 0 Å². The first kappa shape index (κ1) is 19.4. The summed E-state index contributed by atoms with van der Waals surface area (Å²) in [5, 5.41) is 0. The van der Waals surface area contributed by atoms with E-state index >= 15 is 0 Å². The van der Waals surface area contributed by atoms with Crippen LogP contribution in [-0.2, 0) is 84.8 Å². The van der Waals surface area contributed by atoms with Gasteiger partial charge >= 0.3 is 0 Å². The summed E-state index contributed by atoms with van der Waals surface area (Å²) in [6.45, 7) is 7.08. The van der Waals surface area contributed by atoms with Gasteiger partial charge in [0.1, 0.15) is 6.54 Å². The van der Waals surface area contributed by atoms with Gasteiger partial charge in [0.15, 0.2) is 12.4 Å². The third-order valence-corrected chi connectivity index (χ3v) is 3.05. The Morgan fingerprint density at radius 3 is 1.79 bits per heavy atom. The predicted octanol–water partition coefficient (Wildman–Crippen LogP) is 2.96. The van der Waals surface area contributed by atoms with E-state index in [1.54, 1.807) is 0 Å². The maximum Gasteiger partial charge on any atom is 0.169 e. The number of rotatable bonds is 4. The Bertz CT molecular complexity index is 463. The summed E-state index contributed by atoms with van der Waals surface area (Å²) in [7, 11) is 0. The van der Waals surface area contributed by atoms with Crippen molar-refractivity contribution in [3.05, 3.63) is 72.4 Å². The van der Waals surface area contributed by atoms with Crippen LogP contribution in [0, 0.1) is 6.92 Å². The summed E-state index contributed by atoms with van der Waals surface area (Å²) in [5.41, 5.74) is 3.86. The Labute approximate surface area is 167 Å². The number of aromatic nitrogens is 1. The number of pyridine rings is 1. The van der Waals surface area contributed by atoms with Crippen LogP contribution in [0.3, 0.4) is 0 Å².